The van der Waals surface area contributed by atoms with E-state index in [1.54, 1.807) is 0 Å². The molecule has 0 amide bonds. The maximum Gasteiger partial charge on any atom is 0.0315 e. The zero-order chi connectivity index (χ0) is 14.5. The monoisotopic (exact) mass is 280 g/mol. The lowest BCUT2D eigenvalue weighted by Gasteiger charge is -2.35. The number of benzene rings is 1. The van der Waals surface area contributed by atoms with Crippen molar-refractivity contribution in [1.29, 1.82) is 0 Å². The van der Waals surface area contributed by atoms with Crippen LogP contribution in [0, 0.1) is 0 Å². The Kier molecular flexibility index (Phi) is 4.66. The van der Waals surface area contributed by atoms with Crippen molar-refractivity contribution >= 4 is 0 Å². The molecule has 1 saturated carbocycles. The number of pyridine rings is 1. The summed E-state index contributed by atoms with van der Waals surface area (Å²) in [5, 5.41) is 3.84. The van der Waals surface area contributed by atoms with Crippen LogP contribution in [0.2, 0.25) is 0 Å². The fourth-order valence-electron chi connectivity index (χ4n) is 3.48. The quantitative estimate of drug-likeness (QED) is 0.894. The van der Waals surface area contributed by atoms with Crippen LogP contribution in [0.5, 0.6) is 0 Å². The Morgan fingerprint density at radius 1 is 1.05 bits per heavy atom. The summed E-state index contributed by atoms with van der Waals surface area (Å²) in [5.74, 6) is 0.638. The molecule has 1 fully saturated rings. The number of hydrogen-bond acceptors (Lipinski definition) is 2. The van der Waals surface area contributed by atoms with Gasteiger partial charge < -0.3 is 5.32 Å². The van der Waals surface area contributed by atoms with Gasteiger partial charge in [0, 0.05) is 24.5 Å². The Bertz CT molecular complexity index is 538. The van der Waals surface area contributed by atoms with Crippen LogP contribution in [0.25, 0.3) is 0 Å². The minimum Gasteiger partial charge on any atom is -0.307 e. The van der Waals surface area contributed by atoms with Crippen LogP contribution in [-0.2, 0) is 0 Å². The molecule has 0 aliphatic heterocycles. The SMILES string of the molecule is C[C@@H](NC1CCCCC1c1ccccc1)c1cccnc1. The van der Waals surface area contributed by atoms with Crippen LogP contribution in [0.15, 0.2) is 54.9 Å². The van der Waals surface area contributed by atoms with Gasteiger partial charge in [-0.15, -0.1) is 0 Å². The molecule has 21 heavy (non-hydrogen) atoms. The second kappa shape index (κ2) is 6.86. The number of rotatable bonds is 4. The molecule has 1 aromatic carbocycles. The van der Waals surface area contributed by atoms with Crippen molar-refractivity contribution in [2.45, 2.75) is 50.6 Å². The van der Waals surface area contributed by atoms with E-state index in [2.05, 4.69) is 53.6 Å². The van der Waals surface area contributed by atoms with Gasteiger partial charge in [0.1, 0.15) is 0 Å². The molecule has 3 atom stereocenters. The lowest BCUT2D eigenvalue weighted by Crippen LogP contribution is -2.38. The second-order valence-corrected chi connectivity index (χ2v) is 6.08. The van der Waals surface area contributed by atoms with Crippen molar-refractivity contribution < 1.29 is 0 Å². The van der Waals surface area contributed by atoms with E-state index in [1.807, 2.05) is 18.5 Å². The van der Waals surface area contributed by atoms with E-state index < -0.39 is 0 Å². The molecule has 110 valence electrons. The minimum absolute atomic E-state index is 0.355. The fraction of sp³-hybridized carbons (Fsp3) is 0.421. The third-order valence-corrected chi connectivity index (χ3v) is 4.64. The van der Waals surface area contributed by atoms with E-state index in [9.17, 15) is 0 Å². The first kappa shape index (κ1) is 14.3. The summed E-state index contributed by atoms with van der Waals surface area (Å²) in [6, 6.07) is 16.1. The molecule has 0 spiro atoms. The molecule has 1 aromatic heterocycles. The summed E-state index contributed by atoms with van der Waals surface area (Å²) < 4.78 is 0. The van der Waals surface area contributed by atoms with Crippen molar-refractivity contribution in [2.24, 2.45) is 0 Å². The second-order valence-electron chi connectivity index (χ2n) is 6.08. The van der Waals surface area contributed by atoms with Crippen molar-refractivity contribution in [3.8, 4) is 0 Å². The van der Waals surface area contributed by atoms with Gasteiger partial charge in [0.25, 0.3) is 0 Å². The molecule has 1 N–H and O–H groups in total. The Morgan fingerprint density at radius 2 is 1.86 bits per heavy atom. The molecule has 2 heteroatoms. The summed E-state index contributed by atoms with van der Waals surface area (Å²) >= 11 is 0. The highest BCUT2D eigenvalue weighted by molar-refractivity contribution is 5.22. The number of aromatic nitrogens is 1. The van der Waals surface area contributed by atoms with Crippen LogP contribution in [0.1, 0.15) is 55.7 Å². The normalized spacial score (nSPS) is 23.7. The Hall–Kier alpha value is -1.67. The molecule has 3 rings (SSSR count). The van der Waals surface area contributed by atoms with Crippen molar-refractivity contribution in [3.63, 3.8) is 0 Å². The fourth-order valence-corrected chi connectivity index (χ4v) is 3.48. The van der Waals surface area contributed by atoms with Crippen LogP contribution in [-0.4, -0.2) is 11.0 Å². The summed E-state index contributed by atoms with van der Waals surface area (Å²) in [5.41, 5.74) is 2.75. The maximum absolute atomic E-state index is 4.24. The lowest BCUT2D eigenvalue weighted by atomic mass is 9.79. The van der Waals surface area contributed by atoms with E-state index in [0.717, 1.165) is 0 Å². The van der Waals surface area contributed by atoms with E-state index in [0.29, 0.717) is 18.0 Å². The predicted octanol–water partition coefficient (Wildman–Crippen LogP) is 4.46. The topological polar surface area (TPSA) is 24.9 Å². The van der Waals surface area contributed by atoms with Crippen LogP contribution < -0.4 is 5.32 Å². The van der Waals surface area contributed by atoms with Gasteiger partial charge >= 0.3 is 0 Å². The summed E-state index contributed by atoms with van der Waals surface area (Å²) in [6.07, 6.45) is 9.05. The standard InChI is InChI=1S/C19H24N2/c1-15(17-10-7-13-20-14-17)21-19-12-6-5-11-18(19)16-8-3-2-4-9-16/h2-4,7-10,13-15,18-19,21H,5-6,11-12H2,1H3/t15-,18?,19?/m1/s1. The zero-order valence-corrected chi connectivity index (χ0v) is 12.7. The van der Waals surface area contributed by atoms with Gasteiger partial charge in [0.05, 0.1) is 0 Å². The van der Waals surface area contributed by atoms with E-state index in [-0.39, 0.29) is 0 Å². The van der Waals surface area contributed by atoms with Gasteiger partial charge in [-0.3, -0.25) is 4.98 Å². The molecule has 2 nitrogen and oxygen atoms in total. The van der Waals surface area contributed by atoms with Gasteiger partial charge in [-0.1, -0.05) is 49.2 Å². The highest BCUT2D eigenvalue weighted by atomic mass is 15.0. The molecule has 1 aliphatic rings. The van der Waals surface area contributed by atoms with Crippen LogP contribution in [0.3, 0.4) is 0 Å². The molecule has 0 radical (unpaired) electrons. The Morgan fingerprint density at radius 3 is 2.62 bits per heavy atom. The van der Waals surface area contributed by atoms with Gasteiger partial charge in [-0.25, -0.2) is 0 Å². The first-order valence-electron chi connectivity index (χ1n) is 8.05. The van der Waals surface area contributed by atoms with Gasteiger partial charge in [-0.2, -0.15) is 0 Å². The molecule has 1 aliphatic carbocycles. The van der Waals surface area contributed by atoms with Gasteiger partial charge in [0.15, 0.2) is 0 Å². The molecule has 2 aromatic rings. The summed E-state index contributed by atoms with van der Waals surface area (Å²) in [7, 11) is 0. The van der Waals surface area contributed by atoms with E-state index in [1.165, 1.54) is 36.8 Å². The predicted molar refractivity (Wildman–Crippen MR) is 87.2 cm³/mol. The Labute approximate surface area is 127 Å². The van der Waals surface area contributed by atoms with Gasteiger partial charge in [0.2, 0.25) is 0 Å². The molecule has 0 bridgehead atoms. The minimum atomic E-state index is 0.355. The Balaban J connectivity index is 1.73. The zero-order valence-electron chi connectivity index (χ0n) is 12.7. The van der Waals surface area contributed by atoms with Crippen molar-refractivity contribution in [2.75, 3.05) is 0 Å². The number of nitrogens with one attached hydrogen (secondary N) is 1. The molecule has 1 heterocycles. The largest absolute Gasteiger partial charge is 0.307 e. The van der Waals surface area contributed by atoms with Crippen molar-refractivity contribution in [3.05, 3.63) is 66.0 Å². The summed E-state index contributed by atoms with van der Waals surface area (Å²) in [6.45, 7) is 2.24. The molecular weight excluding hydrogens is 256 g/mol. The third-order valence-electron chi connectivity index (χ3n) is 4.64. The smallest absolute Gasteiger partial charge is 0.0315 e. The highest BCUT2D eigenvalue weighted by Crippen LogP contribution is 2.34. The first-order chi connectivity index (χ1) is 10.3. The maximum atomic E-state index is 4.24. The van der Waals surface area contributed by atoms with Gasteiger partial charge in [-0.05, 0) is 42.9 Å². The summed E-state index contributed by atoms with van der Waals surface area (Å²) in [4.78, 5) is 4.24. The van der Waals surface area contributed by atoms with Crippen LogP contribution >= 0.6 is 0 Å². The van der Waals surface area contributed by atoms with E-state index >= 15 is 0 Å². The first-order valence-corrected chi connectivity index (χ1v) is 8.05. The molecular formula is C19H24N2. The molecule has 0 saturated heterocycles. The average Bonchev–Trinajstić information content (AvgIpc) is 2.57. The van der Waals surface area contributed by atoms with E-state index in [4.69, 9.17) is 0 Å². The van der Waals surface area contributed by atoms with Crippen molar-refractivity contribution in [1.82, 2.24) is 10.3 Å². The average molecular weight is 280 g/mol. The highest BCUT2D eigenvalue weighted by Gasteiger charge is 2.27. The van der Waals surface area contributed by atoms with Crippen LogP contribution in [0.4, 0.5) is 0 Å². The number of hydrogen-bond donors (Lipinski definition) is 1. The third kappa shape index (κ3) is 3.51. The number of nitrogens with zero attached hydrogens (tertiary/aromatic N) is 1. The lowest BCUT2D eigenvalue weighted by molar-refractivity contribution is 0.306. The molecule has 2 unspecified atom stereocenters.